The third-order valence-corrected chi connectivity index (χ3v) is 10.2. The number of benzene rings is 2. The quantitative estimate of drug-likeness (QED) is 0.329. The van der Waals surface area contributed by atoms with Crippen LogP contribution in [0.25, 0.3) is 0 Å². The van der Waals surface area contributed by atoms with Crippen molar-refractivity contribution in [1.82, 2.24) is 14.9 Å². The van der Waals surface area contributed by atoms with Crippen LogP contribution >= 0.6 is 11.6 Å². The van der Waals surface area contributed by atoms with E-state index < -0.39 is 15.1 Å². The Kier molecular flexibility index (Phi) is 8.59. The molecule has 2 fully saturated rings. The highest BCUT2D eigenvalue weighted by Crippen LogP contribution is 2.31. The molecular weight excluding hydrogens is 532 g/mol. The van der Waals surface area contributed by atoms with Crippen molar-refractivity contribution in [3.8, 4) is 0 Å². The first-order chi connectivity index (χ1) is 18.8. The van der Waals surface area contributed by atoms with Crippen LogP contribution in [-0.2, 0) is 9.84 Å². The monoisotopic (exact) mass is 568 g/mol. The third-order valence-electron chi connectivity index (χ3n) is 7.67. The molecule has 0 spiro atoms. The molecule has 2 aliphatic rings. The van der Waals surface area contributed by atoms with Crippen molar-refractivity contribution in [3.63, 3.8) is 0 Å². The first kappa shape index (κ1) is 27.7. The number of hydrogen-bond acceptors (Lipinski definition) is 8. The van der Waals surface area contributed by atoms with E-state index in [0.29, 0.717) is 22.5 Å². The fourth-order valence-corrected chi connectivity index (χ4v) is 6.71. The Morgan fingerprint density at radius 3 is 2.31 bits per heavy atom. The highest BCUT2D eigenvalue weighted by atomic mass is 35.5. The van der Waals surface area contributed by atoms with E-state index in [0.717, 1.165) is 24.8 Å². The number of rotatable bonds is 8. The first-order valence-electron chi connectivity index (χ1n) is 13.8. The van der Waals surface area contributed by atoms with E-state index >= 15 is 0 Å². The normalized spacial score (nSPS) is 17.4. The van der Waals surface area contributed by atoms with Crippen LogP contribution in [0.3, 0.4) is 0 Å². The molecule has 3 heterocycles. The highest BCUT2D eigenvalue weighted by Gasteiger charge is 2.26. The molecule has 2 aromatic carbocycles. The number of sulfone groups is 1. The van der Waals surface area contributed by atoms with Crippen molar-refractivity contribution in [2.24, 2.45) is 0 Å². The Bertz CT molecular complexity index is 1370. The van der Waals surface area contributed by atoms with Crippen LogP contribution in [0.5, 0.6) is 0 Å². The molecule has 3 aromatic rings. The summed E-state index contributed by atoms with van der Waals surface area (Å²) in [5, 5.41) is 6.07. The molecule has 0 aliphatic carbocycles. The van der Waals surface area contributed by atoms with Crippen molar-refractivity contribution in [3.05, 3.63) is 59.8 Å². The largest absolute Gasteiger partial charge is 0.371 e. The van der Waals surface area contributed by atoms with Crippen LogP contribution in [0.1, 0.15) is 46.0 Å². The van der Waals surface area contributed by atoms with E-state index in [2.05, 4.69) is 42.5 Å². The van der Waals surface area contributed by atoms with Gasteiger partial charge in [-0.1, -0.05) is 30.2 Å². The number of piperidine rings is 2. The zero-order valence-corrected chi connectivity index (χ0v) is 24.2. The third kappa shape index (κ3) is 6.48. The summed E-state index contributed by atoms with van der Waals surface area (Å²) >= 11 is 6.37. The number of nitrogens with one attached hydrogen (secondary N) is 2. The molecule has 0 saturated carbocycles. The summed E-state index contributed by atoms with van der Waals surface area (Å²) in [5.74, 6) is 0.690. The van der Waals surface area contributed by atoms with Crippen LogP contribution < -0.4 is 15.5 Å². The summed E-state index contributed by atoms with van der Waals surface area (Å²) in [6, 6.07) is 15.8. The van der Waals surface area contributed by atoms with Gasteiger partial charge in [-0.2, -0.15) is 4.98 Å². The number of halogens is 1. The molecule has 5 rings (SSSR count). The molecule has 10 heteroatoms. The SMILES string of the molecule is CC(C)S(=O)(=O)c1ccccc1Nc1nc(Nc2ccc(N3CCC(N4CCCCC4)CC3)cc2)ncc1Cl. The molecule has 1 aromatic heterocycles. The van der Waals surface area contributed by atoms with Gasteiger partial charge in [-0.05, 0) is 89.0 Å². The van der Waals surface area contributed by atoms with Crippen molar-refractivity contribution in [1.29, 1.82) is 0 Å². The fourth-order valence-electron chi connectivity index (χ4n) is 5.37. The molecule has 0 atom stereocenters. The highest BCUT2D eigenvalue weighted by molar-refractivity contribution is 7.92. The van der Waals surface area contributed by atoms with Gasteiger partial charge in [0.05, 0.1) is 22.0 Å². The van der Waals surface area contributed by atoms with Gasteiger partial charge in [0.25, 0.3) is 0 Å². The van der Waals surface area contributed by atoms with Gasteiger partial charge in [-0.3, -0.25) is 0 Å². The molecule has 0 amide bonds. The van der Waals surface area contributed by atoms with Gasteiger partial charge in [0.1, 0.15) is 5.02 Å². The lowest BCUT2D eigenvalue weighted by molar-refractivity contribution is 0.141. The number of anilines is 5. The standard InChI is InChI=1S/C29H37ClN6O2S/c1-21(2)39(37,38)27-9-5-4-8-26(27)33-28-25(30)20-31-29(34-28)32-22-10-12-23(13-11-22)36-18-14-24(15-19-36)35-16-6-3-7-17-35/h4-5,8-13,20-21,24H,3,6-7,14-19H2,1-2H3,(H2,31,32,33,34). The van der Waals surface area contributed by atoms with Crippen LogP contribution in [0.15, 0.2) is 59.6 Å². The Labute approximate surface area is 236 Å². The maximum atomic E-state index is 12.8. The average molecular weight is 569 g/mol. The lowest BCUT2D eigenvalue weighted by Gasteiger charge is -2.41. The smallest absolute Gasteiger partial charge is 0.229 e. The predicted molar refractivity (Wildman–Crippen MR) is 159 cm³/mol. The van der Waals surface area contributed by atoms with Crippen LogP contribution in [0.4, 0.5) is 28.8 Å². The summed E-state index contributed by atoms with van der Waals surface area (Å²) in [7, 11) is -3.49. The molecule has 0 unspecified atom stereocenters. The lowest BCUT2D eigenvalue weighted by atomic mass is 9.99. The van der Waals surface area contributed by atoms with Gasteiger partial charge in [-0.15, -0.1) is 0 Å². The second-order valence-electron chi connectivity index (χ2n) is 10.6. The molecule has 0 radical (unpaired) electrons. The van der Waals surface area contributed by atoms with Gasteiger partial charge in [0.2, 0.25) is 5.95 Å². The van der Waals surface area contributed by atoms with Crippen LogP contribution in [-0.4, -0.2) is 60.8 Å². The number of nitrogens with zero attached hydrogens (tertiary/aromatic N) is 4. The maximum absolute atomic E-state index is 12.8. The summed E-state index contributed by atoms with van der Waals surface area (Å²) in [5.41, 5.74) is 2.50. The molecule has 39 heavy (non-hydrogen) atoms. The Balaban J connectivity index is 1.24. The number of para-hydroxylation sites is 1. The lowest BCUT2D eigenvalue weighted by Crippen LogP contribution is -2.46. The zero-order chi connectivity index (χ0) is 27.4. The van der Waals surface area contributed by atoms with E-state index in [4.69, 9.17) is 11.6 Å². The summed E-state index contributed by atoms with van der Waals surface area (Å²) in [6.07, 6.45) is 8.00. The molecule has 208 valence electrons. The van der Waals surface area contributed by atoms with Gasteiger partial charge in [-0.25, -0.2) is 13.4 Å². The molecular formula is C29H37ClN6O2S. The van der Waals surface area contributed by atoms with Crippen LogP contribution in [0, 0.1) is 0 Å². The Morgan fingerprint density at radius 2 is 1.62 bits per heavy atom. The predicted octanol–water partition coefficient (Wildman–Crippen LogP) is 6.25. The van der Waals surface area contributed by atoms with Crippen molar-refractivity contribution in [2.45, 2.75) is 62.1 Å². The van der Waals surface area contributed by atoms with Crippen LogP contribution in [0.2, 0.25) is 5.02 Å². The fraction of sp³-hybridized carbons (Fsp3) is 0.448. The summed E-state index contributed by atoms with van der Waals surface area (Å²) in [6.45, 7) is 8.01. The Morgan fingerprint density at radius 1 is 0.923 bits per heavy atom. The summed E-state index contributed by atoms with van der Waals surface area (Å²) < 4.78 is 25.7. The van der Waals surface area contributed by atoms with E-state index in [-0.39, 0.29) is 4.90 Å². The minimum atomic E-state index is -3.49. The van der Waals surface area contributed by atoms with E-state index in [1.54, 1.807) is 38.1 Å². The van der Waals surface area contributed by atoms with E-state index in [1.165, 1.54) is 57.1 Å². The van der Waals surface area contributed by atoms with Crippen molar-refractivity contribution < 1.29 is 8.42 Å². The van der Waals surface area contributed by atoms with Gasteiger partial charge in [0, 0.05) is 30.5 Å². The second kappa shape index (κ2) is 12.1. The van der Waals surface area contributed by atoms with Gasteiger partial charge < -0.3 is 20.4 Å². The van der Waals surface area contributed by atoms with Crippen molar-refractivity contribution in [2.75, 3.05) is 41.7 Å². The zero-order valence-electron chi connectivity index (χ0n) is 22.6. The molecule has 8 nitrogen and oxygen atoms in total. The van der Waals surface area contributed by atoms with E-state index in [9.17, 15) is 8.42 Å². The minimum absolute atomic E-state index is 0.208. The maximum Gasteiger partial charge on any atom is 0.229 e. The number of aromatic nitrogens is 2. The number of hydrogen-bond donors (Lipinski definition) is 2. The molecule has 0 bridgehead atoms. The van der Waals surface area contributed by atoms with Gasteiger partial charge in [0.15, 0.2) is 15.7 Å². The number of likely N-dealkylation sites (tertiary alicyclic amines) is 1. The average Bonchev–Trinajstić information content (AvgIpc) is 2.96. The molecule has 2 aliphatic heterocycles. The molecule has 2 N–H and O–H groups in total. The second-order valence-corrected chi connectivity index (χ2v) is 13.5. The minimum Gasteiger partial charge on any atom is -0.371 e. The Hall–Kier alpha value is -2.88. The molecule has 2 saturated heterocycles. The topological polar surface area (TPSA) is 90.5 Å². The summed E-state index contributed by atoms with van der Waals surface area (Å²) in [4.78, 5) is 14.2. The van der Waals surface area contributed by atoms with Crippen molar-refractivity contribution >= 4 is 50.3 Å². The van der Waals surface area contributed by atoms with Gasteiger partial charge >= 0.3 is 0 Å². The first-order valence-corrected chi connectivity index (χ1v) is 15.7. The van der Waals surface area contributed by atoms with E-state index in [1.807, 2.05) is 12.1 Å².